The SMILES string of the molecule is CCCC(=O)NC(CCC(=O)CCC(=O)CCC(=O)NCCCCC(NC(=O)COCCOCCOCCC(C)C)C(N)=O)C(=O)O. The summed E-state index contributed by atoms with van der Waals surface area (Å²) in [6.45, 7) is 8.22. The summed E-state index contributed by atoms with van der Waals surface area (Å²) in [5.41, 5.74) is 5.40. The number of carbonyl (C=O) groups is 7. The zero-order chi connectivity index (χ0) is 35.5. The highest BCUT2D eigenvalue weighted by molar-refractivity contribution is 5.89. The maximum Gasteiger partial charge on any atom is 0.326 e. The fourth-order valence-corrected chi connectivity index (χ4v) is 4.07. The van der Waals surface area contributed by atoms with E-state index in [1.165, 1.54) is 0 Å². The molecule has 0 aliphatic carbocycles. The van der Waals surface area contributed by atoms with E-state index in [1.807, 2.05) is 0 Å². The molecule has 0 bridgehead atoms. The fourth-order valence-electron chi connectivity index (χ4n) is 4.07. The van der Waals surface area contributed by atoms with Gasteiger partial charge in [-0.3, -0.25) is 28.8 Å². The number of ether oxygens (including phenoxy) is 3. The number of hydrogen-bond donors (Lipinski definition) is 5. The summed E-state index contributed by atoms with van der Waals surface area (Å²) >= 11 is 0. The van der Waals surface area contributed by atoms with Crippen LogP contribution in [-0.2, 0) is 47.8 Å². The van der Waals surface area contributed by atoms with Gasteiger partial charge in [0.15, 0.2) is 0 Å². The average Bonchev–Trinajstić information content (AvgIpc) is 3.00. The summed E-state index contributed by atoms with van der Waals surface area (Å²) in [5, 5.41) is 16.8. The lowest BCUT2D eigenvalue weighted by Crippen LogP contribution is -2.45. The van der Waals surface area contributed by atoms with Gasteiger partial charge in [0, 0.05) is 51.7 Å². The Balaban J connectivity index is 4.02. The number of unbranched alkanes of at least 4 members (excludes halogenated alkanes) is 1. The first kappa shape index (κ1) is 43.6. The van der Waals surface area contributed by atoms with E-state index in [4.69, 9.17) is 19.9 Å². The van der Waals surface area contributed by atoms with E-state index in [0.717, 1.165) is 6.42 Å². The number of carboxylic acids is 1. The van der Waals surface area contributed by atoms with Crippen molar-refractivity contribution in [3.8, 4) is 0 Å². The second-order valence-corrected chi connectivity index (χ2v) is 11.7. The zero-order valence-electron chi connectivity index (χ0n) is 28.3. The van der Waals surface area contributed by atoms with Crippen LogP contribution in [0.2, 0.25) is 0 Å². The highest BCUT2D eigenvalue weighted by Crippen LogP contribution is 2.07. The molecule has 0 aliphatic heterocycles. The number of rotatable bonds is 31. The molecule has 15 nitrogen and oxygen atoms in total. The van der Waals surface area contributed by atoms with Crippen molar-refractivity contribution in [1.82, 2.24) is 16.0 Å². The molecule has 0 aromatic carbocycles. The topological polar surface area (TPSA) is 230 Å². The lowest BCUT2D eigenvalue weighted by molar-refractivity contribution is -0.142. The number of ketones is 2. The lowest BCUT2D eigenvalue weighted by atomic mass is 10.0. The van der Waals surface area contributed by atoms with Crippen LogP contribution in [0.4, 0.5) is 0 Å². The summed E-state index contributed by atoms with van der Waals surface area (Å²) in [4.78, 5) is 83.1. The fraction of sp³-hybridized carbons (Fsp3) is 0.781. The first-order valence-electron chi connectivity index (χ1n) is 16.5. The van der Waals surface area contributed by atoms with Crippen LogP contribution in [-0.4, -0.2) is 105 Å². The molecule has 0 radical (unpaired) electrons. The Morgan fingerprint density at radius 1 is 0.638 bits per heavy atom. The van der Waals surface area contributed by atoms with Gasteiger partial charge >= 0.3 is 5.97 Å². The van der Waals surface area contributed by atoms with Gasteiger partial charge in [-0.15, -0.1) is 0 Å². The van der Waals surface area contributed by atoms with Gasteiger partial charge in [-0.25, -0.2) is 4.79 Å². The molecule has 2 atom stereocenters. The first-order valence-corrected chi connectivity index (χ1v) is 16.5. The van der Waals surface area contributed by atoms with Crippen molar-refractivity contribution in [2.45, 2.75) is 110 Å². The quantitative estimate of drug-likeness (QED) is 0.0657. The molecule has 0 spiro atoms. The molecule has 0 heterocycles. The largest absolute Gasteiger partial charge is 0.480 e. The van der Waals surface area contributed by atoms with Crippen LogP contribution >= 0.6 is 0 Å². The molecule has 0 aliphatic rings. The van der Waals surface area contributed by atoms with Gasteiger partial charge in [0.25, 0.3) is 0 Å². The van der Waals surface area contributed by atoms with Gasteiger partial charge in [-0.1, -0.05) is 20.8 Å². The molecule has 6 N–H and O–H groups in total. The number of carbonyl (C=O) groups excluding carboxylic acids is 6. The molecule has 0 fully saturated rings. The summed E-state index contributed by atoms with van der Waals surface area (Å²) in [6.07, 6.45) is 2.68. The number of Topliss-reactive ketones (excluding diaryl/α,β-unsaturated/α-hetero) is 2. The predicted octanol–water partition coefficient (Wildman–Crippen LogP) is 1.19. The van der Waals surface area contributed by atoms with Crippen molar-refractivity contribution in [3.63, 3.8) is 0 Å². The van der Waals surface area contributed by atoms with Crippen molar-refractivity contribution >= 4 is 41.2 Å². The van der Waals surface area contributed by atoms with Crippen LogP contribution < -0.4 is 21.7 Å². The molecular formula is C32H56N4O11. The van der Waals surface area contributed by atoms with Gasteiger partial charge in [0.2, 0.25) is 23.6 Å². The van der Waals surface area contributed by atoms with Crippen LogP contribution in [0.25, 0.3) is 0 Å². The van der Waals surface area contributed by atoms with Crippen molar-refractivity contribution in [2.75, 3.05) is 46.2 Å². The second kappa shape index (κ2) is 27.7. The molecule has 15 heteroatoms. The van der Waals surface area contributed by atoms with Gasteiger partial charge in [-0.05, 0) is 44.4 Å². The van der Waals surface area contributed by atoms with Crippen LogP contribution in [0.3, 0.4) is 0 Å². The second-order valence-electron chi connectivity index (χ2n) is 11.7. The van der Waals surface area contributed by atoms with Crippen molar-refractivity contribution in [3.05, 3.63) is 0 Å². The third-order valence-corrected chi connectivity index (χ3v) is 6.87. The van der Waals surface area contributed by atoms with E-state index in [1.54, 1.807) is 6.92 Å². The smallest absolute Gasteiger partial charge is 0.326 e. The van der Waals surface area contributed by atoms with E-state index in [0.29, 0.717) is 58.2 Å². The monoisotopic (exact) mass is 672 g/mol. The van der Waals surface area contributed by atoms with Crippen LogP contribution in [0.15, 0.2) is 0 Å². The van der Waals surface area contributed by atoms with E-state index >= 15 is 0 Å². The third kappa shape index (κ3) is 26.3. The average molecular weight is 673 g/mol. The Kier molecular flexibility index (Phi) is 25.6. The molecule has 47 heavy (non-hydrogen) atoms. The molecule has 4 amide bonds. The molecular weight excluding hydrogens is 616 g/mol. The molecule has 0 rings (SSSR count). The van der Waals surface area contributed by atoms with Gasteiger partial charge in [0.05, 0.1) is 26.4 Å². The first-order chi connectivity index (χ1) is 22.3. The predicted molar refractivity (Wildman–Crippen MR) is 172 cm³/mol. The number of nitrogens with two attached hydrogens (primary N) is 1. The van der Waals surface area contributed by atoms with Gasteiger partial charge in [0.1, 0.15) is 30.3 Å². The highest BCUT2D eigenvalue weighted by Gasteiger charge is 2.21. The van der Waals surface area contributed by atoms with Crippen LogP contribution in [0.5, 0.6) is 0 Å². The number of amides is 4. The Morgan fingerprint density at radius 2 is 1.21 bits per heavy atom. The van der Waals surface area contributed by atoms with E-state index < -0.39 is 35.8 Å². The lowest BCUT2D eigenvalue weighted by Gasteiger charge is -2.15. The van der Waals surface area contributed by atoms with Crippen molar-refractivity contribution in [1.29, 1.82) is 0 Å². The maximum absolute atomic E-state index is 12.1. The number of hydrogen-bond acceptors (Lipinski definition) is 10. The summed E-state index contributed by atoms with van der Waals surface area (Å²) in [6, 6.07) is -2.04. The van der Waals surface area contributed by atoms with Crippen molar-refractivity contribution < 1.29 is 52.9 Å². The number of carboxylic acid groups (broad SMARTS) is 1. The molecule has 270 valence electrons. The highest BCUT2D eigenvalue weighted by atomic mass is 16.5. The van der Waals surface area contributed by atoms with Crippen LogP contribution in [0, 0.1) is 5.92 Å². The van der Waals surface area contributed by atoms with Crippen molar-refractivity contribution in [2.24, 2.45) is 11.7 Å². The molecule has 0 aromatic heterocycles. The minimum atomic E-state index is -1.23. The molecule has 0 aromatic rings. The minimum Gasteiger partial charge on any atom is -0.480 e. The number of nitrogens with one attached hydrogen (secondary N) is 3. The number of primary amides is 1. The zero-order valence-corrected chi connectivity index (χ0v) is 28.3. The molecule has 0 saturated heterocycles. The summed E-state index contributed by atoms with van der Waals surface area (Å²) < 4.78 is 16.1. The normalized spacial score (nSPS) is 12.3. The Morgan fingerprint density at radius 3 is 1.81 bits per heavy atom. The maximum atomic E-state index is 12.1. The molecule has 0 saturated carbocycles. The third-order valence-electron chi connectivity index (χ3n) is 6.87. The van der Waals surface area contributed by atoms with E-state index in [2.05, 4.69) is 29.8 Å². The van der Waals surface area contributed by atoms with Crippen LogP contribution in [0.1, 0.15) is 97.8 Å². The van der Waals surface area contributed by atoms with E-state index in [-0.39, 0.29) is 82.1 Å². The summed E-state index contributed by atoms with van der Waals surface area (Å²) in [7, 11) is 0. The Labute approximate surface area is 277 Å². The summed E-state index contributed by atoms with van der Waals surface area (Å²) in [5.74, 6) is -3.09. The number of aliphatic carboxylic acids is 1. The standard InChI is InChI=1S/C32H56N4O11/c1-4-7-29(40)36-27(32(43)44)13-11-24(37)9-10-25(38)12-14-28(39)34-16-6-5-8-26(31(33)42)35-30(41)22-47-21-20-46-19-18-45-17-15-23(2)3/h23,26-27H,4-22H2,1-3H3,(H2,33,42)(H,34,39)(H,35,41)(H,36,40)(H,43,44). The molecule has 2 unspecified atom stereocenters. The Hall–Kier alpha value is -3.43. The Bertz CT molecular complexity index is 975. The van der Waals surface area contributed by atoms with Gasteiger partial charge < -0.3 is 41.0 Å². The minimum absolute atomic E-state index is 0.0409. The van der Waals surface area contributed by atoms with E-state index in [9.17, 15) is 38.7 Å². The van der Waals surface area contributed by atoms with Gasteiger partial charge in [-0.2, -0.15) is 0 Å².